The average Bonchev–Trinajstić information content (AvgIpc) is 2.51. The Balaban J connectivity index is 2.26. The van der Waals surface area contributed by atoms with Crippen LogP contribution in [0.5, 0.6) is 11.5 Å². The zero-order valence-electron chi connectivity index (χ0n) is 6.54. The second kappa shape index (κ2) is 3.00. The highest BCUT2D eigenvalue weighted by molar-refractivity contribution is 5.44. The topological polar surface area (TPSA) is 56.5 Å². The molecule has 0 bridgehead atoms. The fourth-order valence-electron chi connectivity index (χ4n) is 1.17. The quantitative estimate of drug-likeness (QED) is 0.492. The number of ether oxygens (including phenoxy) is 2. The molecule has 0 aliphatic carbocycles. The third-order valence-electron chi connectivity index (χ3n) is 1.74. The van der Waals surface area contributed by atoms with Crippen molar-refractivity contribution in [1.29, 1.82) is 0 Å². The van der Waals surface area contributed by atoms with Crippen molar-refractivity contribution in [2.24, 2.45) is 5.84 Å². The smallest absolute Gasteiger partial charge is 0.231 e. The van der Waals surface area contributed by atoms with Gasteiger partial charge in [0.2, 0.25) is 6.79 Å². The molecule has 12 heavy (non-hydrogen) atoms. The summed E-state index contributed by atoms with van der Waals surface area (Å²) in [7, 11) is 0. The molecule has 64 valence electrons. The highest BCUT2D eigenvalue weighted by atomic mass is 16.7. The van der Waals surface area contributed by atoms with Gasteiger partial charge in [-0.1, -0.05) is 6.07 Å². The number of nitrogens with one attached hydrogen (secondary N) is 1. The molecule has 0 aromatic heterocycles. The van der Waals surface area contributed by atoms with Crippen molar-refractivity contribution < 1.29 is 9.47 Å². The highest BCUT2D eigenvalue weighted by Crippen LogP contribution is 2.32. The summed E-state index contributed by atoms with van der Waals surface area (Å²) in [6.45, 7) is 0.950. The van der Waals surface area contributed by atoms with Crippen molar-refractivity contribution in [1.82, 2.24) is 5.43 Å². The van der Waals surface area contributed by atoms with Crippen LogP contribution in [0.15, 0.2) is 18.2 Å². The Bertz CT molecular complexity index is 288. The molecule has 0 saturated heterocycles. The van der Waals surface area contributed by atoms with Gasteiger partial charge in [-0.2, -0.15) is 0 Å². The molecule has 0 radical (unpaired) electrons. The summed E-state index contributed by atoms with van der Waals surface area (Å²) in [5.41, 5.74) is 3.66. The minimum Gasteiger partial charge on any atom is -0.454 e. The Morgan fingerprint density at radius 3 is 3.00 bits per heavy atom. The van der Waals surface area contributed by atoms with E-state index in [2.05, 4.69) is 5.43 Å². The molecule has 0 atom stereocenters. The van der Waals surface area contributed by atoms with E-state index in [1.54, 1.807) is 0 Å². The minimum atomic E-state index is 0.314. The van der Waals surface area contributed by atoms with E-state index in [9.17, 15) is 0 Å². The number of benzene rings is 1. The minimum absolute atomic E-state index is 0.314. The van der Waals surface area contributed by atoms with Gasteiger partial charge in [0.15, 0.2) is 11.5 Å². The highest BCUT2D eigenvalue weighted by Gasteiger charge is 2.12. The number of fused-ring (bicyclic) bond motifs is 1. The van der Waals surface area contributed by atoms with Crippen LogP contribution in [0.1, 0.15) is 5.56 Å². The van der Waals surface area contributed by atoms with Crippen LogP contribution in [-0.4, -0.2) is 6.79 Å². The summed E-state index contributed by atoms with van der Waals surface area (Å²) in [6.07, 6.45) is 0. The maximum absolute atomic E-state index is 5.19. The van der Waals surface area contributed by atoms with E-state index in [4.69, 9.17) is 15.3 Å². The van der Waals surface area contributed by atoms with Crippen molar-refractivity contribution in [2.75, 3.05) is 6.79 Å². The molecule has 2 rings (SSSR count). The first-order valence-electron chi connectivity index (χ1n) is 3.72. The maximum Gasteiger partial charge on any atom is 0.231 e. The van der Waals surface area contributed by atoms with Gasteiger partial charge in [0.05, 0.1) is 0 Å². The Labute approximate surface area is 70.2 Å². The molecule has 0 amide bonds. The lowest BCUT2D eigenvalue weighted by Crippen LogP contribution is -2.20. The lowest BCUT2D eigenvalue weighted by Gasteiger charge is -2.00. The molecular weight excluding hydrogens is 156 g/mol. The standard InChI is InChI=1S/C8H10N2O2/c9-10-4-6-1-2-7-8(3-6)12-5-11-7/h1-3,10H,4-5,9H2. The molecule has 3 N–H and O–H groups in total. The molecule has 4 nitrogen and oxygen atoms in total. The van der Waals surface area contributed by atoms with Gasteiger partial charge in [0.1, 0.15) is 0 Å². The van der Waals surface area contributed by atoms with Gasteiger partial charge in [-0.05, 0) is 17.7 Å². The van der Waals surface area contributed by atoms with Crippen LogP contribution < -0.4 is 20.7 Å². The van der Waals surface area contributed by atoms with Crippen molar-refractivity contribution in [3.05, 3.63) is 23.8 Å². The summed E-state index contributed by atoms with van der Waals surface area (Å²) in [6, 6.07) is 5.75. The molecule has 1 aliphatic rings. The number of hydrogen-bond donors (Lipinski definition) is 2. The van der Waals surface area contributed by atoms with Gasteiger partial charge in [-0.3, -0.25) is 11.3 Å². The Hall–Kier alpha value is -1.26. The third kappa shape index (κ3) is 1.22. The van der Waals surface area contributed by atoms with Crippen LogP contribution in [0.3, 0.4) is 0 Å². The lowest BCUT2D eigenvalue weighted by molar-refractivity contribution is 0.174. The number of nitrogens with two attached hydrogens (primary N) is 1. The molecule has 4 heteroatoms. The Morgan fingerprint density at radius 2 is 2.17 bits per heavy atom. The molecule has 1 heterocycles. The van der Waals surface area contributed by atoms with Crippen LogP contribution in [0.4, 0.5) is 0 Å². The van der Waals surface area contributed by atoms with Crippen molar-refractivity contribution in [3.63, 3.8) is 0 Å². The van der Waals surface area contributed by atoms with Gasteiger partial charge in [-0.25, -0.2) is 0 Å². The van der Waals surface area contributed by atoms with Crippen LogP contribution in [-0.2, 0) is 6.54 Å². The molecule has 1 aromatic carbocycles. The summed E-state index contributed by atoms with van der Waals surface area (Å²) < 4.78 is 10.4. The van der Waals surface area contributed by atoms with Gasteiger partial charge >= 0.3 is 0 Å². The second-order valence-electron chi connectivity index (χ2n) is 2.57. The molecule has 0 fully saturated rings. The number of hydrazine groups is 1. The molecule has 0 saturated carbocycles. The van der Waals surface area contributed by atoms with Crippen molar-refractivity contribution in [3.8, 4) is 11.5 Å². The molecule has 0 spiro atoms. The van der Waals surface area contributed by atoms with Gasteiger partial charge < -0.3 is 9.47 Å². The lowest BCUT2D eigenvalue weighted by atomic mass is 10.2. The van der Waals surface area contributed by atoms with Gasteiger partial charge in [-0.15, -0.1) is 0 Å². The van der Waals surface area contributed by atoms with Gasteiger partial charge in [0, 0.05) is 6.54 Å². The Kier molecular flexibility index (Phi) is 1.85. The van der Waals surface area contributed by atoms with Crippen molar-refractivity contribution in [2.45, 2.75) is 6.54 Å². The molecule has 1 aromatic rings. The fraction of sp³-hybridized carbons (Fsp3) is 0.250. The third-order valence-corrected chi connectivity index (χ3v) is 1.74. The maximum atomic E-state index is 5.19. The molecule has 1 aliphatic heterocycles. The monoisotopic (exact) mass is 166 g/mol. The van der Waals surface area contributed by atoms with E-state index in [1.165, 1.54) is 0 Å². The zero-order chi connectivity index (χ0) is 8.39. The second-order valence-corrected chi connectivity index (χ2v) is 2.57. The molecule has 0 unspecified atom stereocenters. The van der Waals surface area contributed by atoms with E-state index < -0.39 is 0 Å². The predicted octanol–water partition coefficient (Wildman–Crippen LogP) is 0.379. The van der Waals surface area contributed by atoms with Crippen LogP contribution >= 0.6 is 0 Å². The summed E-state index contributed by atoms with van der Waals surface area (Å²) in [5, 5.41) is 0. The van der Waals surface area contributed by atoms with Crippen LogP contribution in [0.25, 0.3) is 0 Å². The van der Waals surface area contributed by atoms with Gasteiger partial charge in [0.25, 0.3) is 0 Å². The SMILES string of the molecule is NNCc1ccc2c(c1)OCO2. The average molecular weight is 166 g/mol. The summed E-state index contributed by atoms with van der Waals surface area (Å²) in [5.74, 6) is 6.78. The van der Waals surface area contributed by atoms with E-state index >= 15 is 0 Å². The largest absolute Gasteiger partial charge is 0.454 e. The fourth-order valence-corrected chi connectivity index (χ4v) is 1.17. The van der Waals surface area contributed by atoms with E-state index in [0.29, 0.717) is 13.3 Å². The number of rotatable bonds is 2. The van der Waals surface area contributed by atoms with E-state index in [1.807, 2.05) is 18.2 Å². The first kappa shape index (κ1) is 7.39. The van der Waals surface area contributed by atoms with E-state index in [0.717, 1.165) is 17.1 Å². The van der Waals surface area contributed by atoms with E-state index in [-0.39, 0.29) is 0 Å². The zero-order valence-corrected chi connectivity index (χ0v) is 6.54. The predicted molar refractivity (Wildman–Crippen MR) is 43.6 cm³/mol. The first-order chi connectivity index (χ1) is 5.90. The Morgan fingerprint density at radius 1 is 1.33 bits per heavy atom. The van der Waals surface area contributed by atoms with Crippen molar-refractivity contribution >= 4 is 0 Å². The number of hydrogen-bond acceptors (Lipinski definition) is 4. The van der Waals surface area contributed by atoms with Crippen LogP contribution in [0, 0.1) is 0 Å². The first-order valence-corrected chi connectivity index (χ1v) is 3.72. The molecular formula is C8H10N2O2. The van der Waals surface area contributed by atoms with Crippen LogP contribution in [0.2, 0.25) is 0 Å². The summed E-state index contributed by atoms with van der Waals surface area (Å²) in [4.78, 5) is 0. The summed E-state index contributed by atoms with van der Waals surface area (Å²) >= 11 is 0. The normalized spacial score (nSPS) is 13.4.